The van der Waals surface area contributed by atoms with E-state index in [1.807, 2.05) is 0 Å². The smallest absolute Gasteiger partial charge is 0.303 e. The van der Waals surface area contributed by atoms with E-state index in [0.29, 0.717) is 12.0 Å². The molecule has 108 valence electrons. The SMILES string of the molecule is Cc1ccc(C(=O)NC(C)CCC(=O)O)cc1[N+](=O)[O-]. The molecule has 0 aromatic heterocycles. The predicted molar refractivity (Wildman–Crippen MR) is 71.6 cm³/mol. The molecule has 0 bridgehead atoms. The zero-order chi connectivity index (χ0) is 15.3. The van der Waals surface area contributed by atoms with Crippen LogP contribution in [0.2, 0.25) is 0 Å². The van der Waals surface area contributed by atoms with Gasteiger partial charge in [0.1, 0.15) is 0 Å². The Morgan fingerprint density at radius 3 is 2.65 bits per heavy atom. The lowest BCUT2D eigenvalue weighted by molar-refractivity contribution is -0.385. The molecule has 0 fully saturated rings. The van der Waals surface area contributed by atoms with E-state index in [4.69, 9.17) is 5.11 Å². The number of nitro groups is 1. The van der Waals surface area contributed by atoms with E-state index < -0.39 is 16.8 Å². The van der Waals surface area contributed by atoms with E-state index in [9.17, 15) is 19.7 Å². The van der Waals surface area contributed by atoms with E-state index in [1.54, 1.807) is 13.8 Å². The molecule has 0 aliphatic carbocycles. The molecule has 1 atom stereocenters. The zero-order valence-electron chi connectivity index (χ0n) is 11.3. The lowest BCUT2D eigenvalue weighted by Crippen LogP contribution is -2.33. The molecule has 2 N–H and O–H groups in total. The first-order valence-corrected chi connectivity index (χ1v) is 6.09. The Labute approximate surface area is 115 Å². The molecular weight excluding hydrogens is 264 g/mol. The van der Waals surface area contributed by atoms with Gasteiger partial charge in [-0.2, -0.15) is 0 Å². The van der Waals surface area contributed by atoms with Crippen LogP contribution in [0.25, 0.3) is 0 Å². The molecule has 1 amide bonds. The minimum absolute atomic E-state index is 0.0461. The van der Waals surface area contributed by atoms with Crippen molar-refractivity contribution in [1.82, 2.24) is 5.32 Å². The van der Waals surface area contributed by atoms with Gasteiger partial charge in [0.15, 0.2) is 0 Å². The first kappa shape index (κ1) is 15.6. The van der Waals surface area contributed by atoms with Gasteiger partial charge in [0.2, 0.25) is 0 Å². The van der Waals surface area contributed by atoms with Gasteiger partial charge in [-0.25, -0.2) is 0 Å². The van der Waals surface area contributed by atoms with Crippen molar-refractivity contribution in [2.45, 2.75) is 32.7 Å². The summed E-state index contributed by atoms with van der Waals surface area (Å²) >= 11 is 0. The minimum Gasteiger partial charge on any atom is -0.481 e. The molecule has 1 rings (SSSR count). The molecule has 0 spiro atoms. The van der Waals surface area contributed by atoms with Crippen LogP contribution < -0.4 is 5.32 Å². The zero-order valence-corrected chi connectivity index (χ0v) is 11.3. The standard InChI is InChI=1S/C13H16N2O5/c1-8-3-5-10(7-11(8)15(19)20)13(18)14-9(2)4-6-12(16)17/h3,5,7,9H,4,6H2,1-2H3,(H,14,18)(H,16,17). The summed E-state index contributed by atoms with van der Waals surface area (Å²) in [6.45, 7) is 3.28. The summed E-state index contributed by atoms with van der Waals surface area (Å²) in [6, 6.07) is 3.91. The Hall–Kier alpha value is -2.44. The van der Waals surface area contributed by atoms with Crippen molar-refractivity contribution in [1.29, 1.82) is 0 Å². The second kappa shape index (κ2) is 6.65. The average Bonchev–Trinajstić information content (AvgIpc) is 2.36. The number of hydrogen-bond acceptors (Lipinski definition) is 4. The highest BCUT2D eigenvalue weighted by molar-refractivity contribution is 5.95. The van der Waals surface area contributed by atoms with Crippen LogP contribution in [-0.2, 0) is 4.79 Å². The first-order valence-electron chi connectivity index (χ1n) is 6.09. The van der Waals surface area contributed by atoms with Gasteiger partial charge in [-0.15, -0.1) is 0 Å². The summed E-state index contributed by atoms with van der Waals surface area (Å²) in [5.41, 5.74) is 0.547. The summed E-state index contributed by atoms with van der Waals surface area (Å²) in [4.78, 5) is 32.6. The summed E-state index contributed by atoms with van der Waals surface area (Å²) in [5, 5.41) is 22.0. The summed E-state index contributed by atoms with van der Waals surface area (Å²) in [7, 11) is 0. The van der Waals surface area contributed by atoms with Crippen molar-refractivity contribution in [3.8, 4) is 0 Å². The van der Waals surface area contributed by atoms with Crippen molar-refractivity contribution < 1.29 is 19.6 Å². The predicted octanol–water partition coefficient (Wildman–Crippen LogP) is 1.89. The maximum atomic E-state index is 11.9. The molecule has 0 radical (unpaired) electrons. The summed E-state index contributed by atoms with van der Waals surface area (Å²) in [5.74, 6) is -1.39. The van der Waals surface area contributed by atoms with Crippen molar-refractivity contribution in [3.05, 3.63) is 39.4 Å². The molecule has 1 unspecified atom stereocenters. The van der Waals surface area contributed by atoms with Crippen LogP contribution in [0.5, 0.6) is 0 Å². The number of benzene rings is 1. The number of aliphatic carboxylic acids is 1. The van der Waals surface area contributed by atoms with E-state index in [0.717, 1.165) is 0 Å². The van der Waals surface area contributed by atoms with Crippen molar-refractivity contribution in [2.24, 2.45) is 0 Å². The molecule has 1 aromatic rings. The third-order valence-corrected chi connectivity index (χ3v) is 2.84. The van der Waals surface area contributed by atoms with Crippen molar-refractivity contribution in [2.75, 3.05) is 0 Å². The maximum Gasteiger partial charge on any atom is 0.303 e. The first-order chi connectivity index (χ1) is 9.31. The molecular formula is C13H16N2O5. The fourth-order valence-corrected chi connectivity index (χ4v) is 1.67. The van der Waals surface area contributed by atoms with Gasteiger partial charge >= 0.3 is 5.97 Å². The van der Waals surface area contributed by atoms with Gasteiger partial charge in [-0.05, 0) is 26.3 Å². The highest BCUT2D eigenvalue weighted by Crippen LogP contribution is 2.19. The number of rotatable bonds is 6. The Kier molecular flexibility index (Phi) is 5.19. The average molecular weight is 280 g/mol. The van der Waals surface area contributed by atoms with Crippen LogP contribution in [0.1, 0.15) is 35.7 Å². The normalized spacial score (nSPS) is 11.7. The Morgan fingerprint density at radius 1 is 1.45 bits per heavy atom. The van der Waals surface area contributed by atoms with Crippen molar-refractivity contribution >= 4 is 17.6 Å². The number of nitrogens with zero attached hydrogens (tertiary/aromatic N) is 1. The van der Waals surface area contributed by atoms with Crippen LogP contribution in [-0.4, -0.2) is 27.9 Å². The largest absolute Gasteiger partial charge is 0.481 e. The number of amides is 1. The number of carboxylic acid groups (broad SMARTS) is 1. The lowest BCUT2D eigenvalue weighted by atomic mass is 10.1. The van der Waals surface area contributed by atoms with Crippen molar-refractivity contribution in [3.63, 3.8) is 0 Å². The van der Waals surface area contributed by atoms with Gasteiger partial charge in [-0.1, -0.05) is 6.07 Å². The Morgan fingerprint density at radius 2 is 2.10 bits per heavy atom. The minimum atomic E-state index is -0.933. The third-order valence-electron chi connectivity index (χ3n) is 2.84. The Balaban J connectivity index is 2.75. The molecule has 0 heterocycles. The van der Waals surface area contributed by atoms with Crippen LogP contribution in [0.15, 0.2) is 18.2 Å². The quantitative estimate of drug-likeness (QED) is 0.610. The fraction of sp³-hybridized carbons (Fsp3) is 0.385. The van der Waals surface area contributed by atoms with E-state index in [2.05, 4.69) is 5.32 Å². The lowest BCUT2D eigenvalue weighted by Gasteiger charge is -2.12. The second-order valence-corrected chi connectivity index (χ2v) is 4.57. The van der Waals surface area contributed by atoms with Crippen LogP contribution in [0.4, 0.5) is 5.69 Å². The van der Waals surface area contributed by atoms with Gasteiger partial charge in [0.05, 0.1) is 4.92 Å². The van der Waals surface area contributed by atoms with Crippen LogP contribution in [0.3, 0.4) is 0 Å². The topological polar surface area (TPSA) is 110 Å². The molecule has 7 heteroatoms. The maximum absolute atomic E-state index is 11.9. The number of aryl methyl sites for hydroxylation is 1. The fourth-order valence-electron chi connectivity index (χ4n) is 1.67. The van der Waals surface area contributed by atoms with Gasteiger partial charge in [-0.3, -0.25) is 19.7 Å². The summed E-state index contributed by atoms with van der Waals surface area (Å²) < 4.78 is 0. The number of hydrogen-bond donors (Lipinski definition) is 2. The number of carbonyl (C=O) groups is 2. The number of nitrogens with one attached hydrogen (secondary N) is 1. The number of nitro benzene ring substituents is 1. The molecule has 0 saturated heterocycles. The van der Waals surface area contributed by atoms with Crippen LogP contribution in [0, 0.1) is 17.0 Å². The van der Waals surface area contributed by atoms with E-state index >= 15 is 0 Å². The van der Waals surface area contributed by atoms with Gasteiger partial charge in [0.25, 0.3) is 11.6 Å². The highest BCUT2D eigenvalue weighted by Gasteiger charge is 2.16. The van der Waals surface area contributed by atoms with Gasteiger partial charge in [0, 0.05) is 29.7 Å². The van der Waals surface area contributed by atoms with Crippen LogP contribution >= 0.6 is 0 Å². The second-order valence-electron chi connectivity index (χ2n) is 4.57. The molecule has 0 aliphatic rings. The third kappa shape index (κ3) is 4.34. The molecule has 0 saturated carbocycles. The highest BCUT2D eigenvalue weighted by atomic mass is 16.6. The molecule has 7 nitrogen and oxygen atoms in total. The number of carbonyl (C=O) groups excluding carboxylic acids is 1. The van der Waals surface area contributed by atoms with E-state index in [-0.39, 0.29) is 23.7 Å². The van der Waals surface area contributed by atoms with Gasteiger partial charge < -0.3 is 10.4 Å². The molecule has 0 aliphatic heterocycles. The summed E-state index contributed by atoms with van der Waals surface area (Å²) in [6.07, 6.45) is 0.254. The monoisotopic (exact) mass is 280 g/mol. The molecule has 1 aromatic carbocycles. The Bertz CT molecular complexity index is 542. The number of carboxylic acids is 1. The van der Waals surface area contributed by atoms with E-state index in [1.165, 1.54) is 18.2 Å². The molecule has 20 heavy (non-hydrogen) atoms.